The molecule has 0 radical (unpaired) electrons. The van der Waals surface area contributed by atoms with Gasteiger partial charge in [-0.25, -0.2) is 0 Å². The van der Waals surface area contributed by atoms with Crippen LogP contribution in [0.4, 0.5) is 0 Å². The zero-order valence-electron chi connectivity index (χ0n) is 21.3. The Labute approximate surface area is 200 Å². The second-order valence-corrected chi connectivity index (χ2v) is 15.8. The minimum Gasteiger partial charge on any atom is -0.493 e. The van der Waals surface area contributed by atoms with Crippen molar-refractivity contribution in [1.82, 2.24) is 0 Å². The van der Waals surface area contributed by atoms with E-state index in [4.69, 9.17) is 13.9 Å². The smallest absolute Gasteiger partial charge is 0.308 e. The molecule has 0 bridgehead atoms. The van der Waals surface area contributed by atoms with Gasteiger partial charge in [0.05, 0.1) is 13.2 Å². The van der Waals surface area contributed by atoms with Crippen molar-refractivity contribution in [3.63, 3.8) is 0 Å². The van der Waals surface area contributed by atoms with Crippen molar-refractivity contribution in [3.8, 4) is 11.5 Å². The van der Waals surface area contributed by atoms with E-state index < -0.39 is 8.32 Å². The molecule has 1 aromatic rings. The maximum Gasteiger partial charge on any atom is 0.308 e. The highest BCUT2D eigenvalue weighted by atomic mass is 28.4. The molecule has 0 aliphatic heterocycles. The molecular weight excluding hydrogens is 428 g/mol. The summed E-state index contributed by atoms with van der Waals surface area (Å²) >= 11 is 0. The molecule has 5 heteroatoms. The van der Waals surface area contributed by atoms with Crippen LogP contribution in [0.25, 0.3) is 0 Å². The van der Waals surface area contributed by atoms with Crippen LogP contribution in [0.3, 0.4) is 0 Å². The molecule has 2 aliphatic carbocycles. The number of carbonyl (C=O) groups excluding carboxylic acids is 1. The number of methoxy groups -OCH3 is 1. The summed E-state index contributed by atoms with van der Waals surface area (Å²) in [4.78, 5) is 11.6. The van der Waals surface area contributed by atoms with Gasteiger partial charge in [-0.15, -0.1) is 6.58 Å². The van der Waals surface area contributed by atoms with Gasteiger partial charge in [-0.2, -0.15) is 0 Å². The van der Waals surface area contributed by atoms with E-state index in [1.807, 2.05) is 12.1 Å². The van der Waals surface area contributed by atoms with Gasteiger partial charge in [0.2, 0.25) is 0 Å². The number of esters is 1. The van der Waals surface area contributed by atoms with Crippen LogP contribution in [-0.4, -0.2) is 27.5 Å². The quantitative estimate of drug-likeness (QED) is 0.192. The molecule has 4 nitrogen and oxygen atoms in total. The maximum absolute atomic E-state index is 11.6. The third-order valence-corrected chi connectivity index (χ3v) is 12.3. The highest BCUT2D eigenvalue weighted by Gasteiger charge is 2.50. The summed E-state index contributed by atoms with van der Waals surface area (Å²) in [7, 11) is -0.364. The molecule has 0 saturated heterocycles. The Morgan fingerprint density at radius 2 is 1.94 bits per heavy atom. The largest absolute Gasteiger partial charge is 0.493 e. The maximum atomic E-state index is 11.6. The van der Waals surface area contributed by atoms with Crippen LogP contribution in [0, 0.1) is 23.7 Å². The van der Waals surface area contributed by atoms with Crippen LogP contribution in [0.5, 0.6) is 11.5 Å². The summed E-state index contributed by atoms with van der Waals surface area (Å²) in [5.41, 5.74) is 2.31. The summed E-state index contributed by atoms with van der Waals surface area (Å²) in [5, 5.41) is 0.144. The predicted molar refractivity (Wildman–Crippen MR) is 137 cm³/mol. The van der Waals surface area contributed by atoms with Gasteiger partial charge in [-0.3, -0.25) is 4.79 Å². The zero-order valence-corrected chi connectivity index (χ0v) is 22.3. The average molecular weight is 469 g/mol. The van der Waals surface area contributed by atoms with E-state index in [0.29, 0.717) is 35.2 Å². The van der Waals surface area contributed by atoms with Crippen molar-refractivity contribution in [2.24, 2.45) is 23.7 Å². The Kier molecular flexibility index (Phi) is 7.44. The average Bonchev–Trinajstić information content (AvgIpc) is 3.08. The van der Waals surface area contributed by atoms with Gasteiger partial charge < -0.3 is 13.9 Å². The second kappa shape index (κ2) is 9.63. The van der Waals surface area contributed by atoms with Gasteiger partial charge >= 0.3 is 5.97 Å². The van der Waals surface area contributed by atoms with E-state index >= 15 is 0 Å². The Morgan fingerprint density at radius 3 is 2.52 bits per heavy atom. The molecule has 0 unspecified atom stereocenters. The van der Waals surface area contributed by atoms with E-state index in [2.05, 4.69) is 71.3 Å². The van der Waals surface area contributed by atoms with Crippen LogP contribution < -0.4 is 9.47 Å². The Balaban J connectivity index is 1.93. The molecule has 0 heterocycles. The zero-order chi connectivity index (χ0) is 24.6. The molecular formula is C28H40O4Si. The number of hydrogen-bond acceptors (Lipinski definition) is 4. The number of rotatable bonds is 7. The van der Waals surface area contributed by atoms with Crippen LogP contribution >= 0.6 is 0 Å². The summed E-state index contributed by atoms with van der Waals surface area (Å²) in [6.45, 7) is 21.5. The van der Waals surface area contributed by atoms with Gasteiger partial charge in [0.15, 0.2) is 19.8 Å². The Hall–Kier alpha value is -2.11. The fourth-order valence-corrected chi connectivity index (χ4v) is 6.44. The topological polar surface area (TPSA) is 44.8 Å². The normalized spacial score (nSPS) is 27.2. The molecule has 1 aromatic carbocycles. The SMILES string of the molecule is C=C[C@@H]1C[C@@H](Cc2ccc(OC)c(OC(C)=O)c2)[C@@H]2[C@H]1C(=C)C=C[C@@H]2O[Si](C)(C)C(C)(C)C. The number of carbonyl (C=O) groups is 1. The van der Waals surface area contributed by atoms with E-state index in [9.17, 15) is 4.79 Å². The van der Waals surface area contributed by atoms with Crippen molar-refractivity contribution < 1.29 is 18.7 Å². The number of ether oxygens (including phenoxy) is 2. The van der Waals surface area contributed by atoms with Gasteiger partial charge in [0.1, 0.15) is 0 Å². The summed E-state index contributed by atoms with van der Waals surface area (Å²) in [6, 6.07) is 5.89. The van der Waals surface area contributed by atoms with E-state index in [1.165, 1.54) is 12.5 Å². The van der Waals surface area contributed by atoms with Crippen molar-refractivity contribution >= 4 is 14.3 Å². The first-order valence-corrected chi connectivity index (χ1v) is 14.8. The Bertz CT molecular complexity index is 940. The lowest BCUT2D eigenvalue weighted by Gasteiger charge is -2.44. The minimum absolute atomic E-state index is 0.0718. The van der Waals surface area contributed by atoms with Crippen molar-refractivity contribution in [3.05, 3.63) is 60.7 Å². The van der Waals surface area contributed by atoms with Gasteiger partial charge in [-0.05, 0) is 72.3 Å². The second-order valence-electron chi connectivity index (χ2n) is 11.1. The molecule has 1 saturated carbocycles. The molecule has 33 heavy (non-hydrogen) atoms. The van der Waals surface area contributed by atoms with Crippen LogP contribution in [0.15, 0.2) is 55.2 Å². The first kappa shape index (κ1) is 25.5. The number of benzene rings is 1. The third-order valence-electron chi connectivity index (χ3n) is 7.82. The first-order chi connectivity index (χ1) is 15.4. The van der Waals surface area contributed by atoms with Crippen LogP contribution in [0.1, 0.15) is 39.7 Å². The monoisotopic (exact) mass is 468 g/mol. The lowest BCUT2D eigenvalue weighted by Crippen LogP contribution is -2.47. The molecule has 0 spiro atoms. The number of allylic oxidation sites excluding steroid dienone is 3. The molecule has 0 aromatic heterocycles. The van der Waals surface area contributed by atoms with Crippen LogP contribution in [0.2, 0.25) is 18.1 Å². The summed E-state index contributed by atoms with van der Waals surface area (Å²) in [5.74, 6) is 2.17. The van der Waals surface area contributed by atoms with Crippen LogP contribution in [-0.2, 0) is 15.6 Å². The summed E-state index contributed by atoms with van der Waals surface area (Å²) in [6.07, 6.45) is 8.50. The molecule has 5 atom stereocenters. The third kappa shape index (κ3) is 5.35. The minimum atomic E-state index is -1.95. The molecule has 0 amide bonds. The fourth-order valence-electron chi connectivity index (χ4n) is 5.17. The van der Waals surface area contributed by atoms with Crippen molar-refractivity contribution in [2.45, 2.75) is 64.8 Å². The summed E-state index contributed by atoms with van der Waals surface area (Å²) < 4.78 is 17.8. The fraction of sp³-hybridized carbons (Fsp3) is 0.536. The van der Waals surface area contributed by atoms with Gasteiger partial charge in [0, 0.05) is 6.92 Å². The molecule has 2 aliphatic rings. The first-order valence-electron chi connectivity index (χ1n) is 11.9. The van der Waals surface area contributed by atoms with Crippen molar-refractivity contribution in [2.75, 3.05) is 7.11 Å². The highest BCUT2D eigenvalue weighted by Crippen LogP contribution is 2.53. The lowest BCUT2D eigenvalue weighted by molar-refractivity contribution is -0.132. The van der Waals surface area contributed by atoms with Gasteiger partial charge in [0.25, 0.3) is 0 Å². The van der Waals surface area contributed by atoms with E-state index in [0.717, 1.165) is 18.4 Å². The molecule has 1 fully saturated rings. The highest BCUT2D eigenvalue weighted by molar-refractivity contribution is 6.74. The molecule has 0 N–H and O–H groups in total. The number of fused-ring (bicyclic) bond motifs is 1. The number of hydrogen-bond donors (Lipinski definition) is 0. The molecule has 180 valence electrons. The predicted octanol–water partition coefficient (Wildman–Crippen LogP) is 6.73. The molecule has 3 rings (SSSR count). The van der Waals surface area contributed by atoms with E-state index in [1.54, 1.807) is 7.11 Å². The van der Waals surface area contributed by atoms with Crippen molar-refractivity contribution in [1.29, 1.82) is 0 Å². The standard InChI is InChI=1S/C28H40O4Si/c1-10-21-17-22(15-20-12-14-23(30-7)25(16-20)31-19(3)29)27-24(13-11-18(2)26(21)27)32-33(8,9)28(4,5)6/h10-14,16,21-22,24,26-27H,1-2,15,17H2,3-9H3/t21-,22-,24+,26+,27+/m1/s1. The van der Waals surface area contributed by atoms with Gasteiger partial charge in [-0.1, -0.05) is 57.2 Å². The lowest BCUT2D eigenvalue weighted by atomic mass is 9.74. The van der Waals surface area contributed by atoms with E-state index in [-0.39, 0.29) is 17.1 Å². The Morgan fingerprint density at radius 1 is 1.24 bits per heavy atom.